The zero-order chi connectivity index (χ0) is 12.5. The molecule has 1 fully saturated rings. The Morgan fingerprint density at radius 3 is 2.82 bits per heavy atom. The molecule has 94 valence electrons. The lowest BCUT2D eigenvalue weighted by atomic mass is 9.80. The second-order valence-corrected chi connectivity index (χ2v) is 5.08. The van der Waals surface area contributed by atoms with Crippen molar-refractivity contribution in [1.29, 1.82) is 0 Å². The standard InChI is InChI=1S/C12H18N2O3/c1-3-9-4-5-12(6-9,11(15)16)7-10-8(2)13-17-14-10/h9H,3-7H2,1-2H3,(H,15,16). The summed E-state index contributed by atoms with van der Waals surface area (Å²) in [7, 11) is 0. The summed E-state index contributed by atoms with van der Waals surface area (Å²) in [4.78, 5) is 11.5. The van der Waals surface area contributed by atoms with E-state index >= 15 is 0 Å². The van der Waals surface area contributed by atoms with Gasteiger partial charge in [-0.1, -0.05) is 23.7 Å². The van der Waals surface area contributed by atoms with Crippen LogP contribution >= 0.6 is 0 Å². The van der Waals surface area contributed by atoms with Gasteiger partial charge in [0.05, 0.1) is 5.41 Å². The maximum absolute atomic E-state index is 11.5. The molecule has 0 saturated heterocycles. The van der Waals surface area contributed by atoms with Gasteiger partial charge in [0.25, 0.3) is 0 Å². The monoisotopic (exact) mass is 238 g/mol. The highest BCUT2D eigenvalue weighted by molar-refractivity contribution is 5.75. The largest absolute Gasteiger partial charge is 0.481 e. The first-order chi connectivity index (χ1) is 8.07. The van der Waals surface area contributed by atoms with Gasteiger partial charge in [0.15, 0.2) is 0 Å². The number of rotatable bonds is 4. The Labute approximate surface area is 100 Å². The topological polar surface area (TPSA) is 76.2 Å². The van der Waals surface area contributed by atoms with Crippen LogP contribution in [0.4, 0.5) is 0 Å². The predicted molar refractivity (Wildman–Crippen MR) is 60.4 cm³/mol. The summed E-state index contributed by atoms with van der Waals surface area (Å²) in [6, 6.07) is 0. The van der Waals surface area contributed by atoms with Crippen LogP contribution in [0.3, 0.4) is 0 Å². The average molecular weight is 238 g/mol. The van der Waals surface area contributed by atoms with E-state index in [0.29, 0.717) is 23.7 Å². The smallest absolute Gasteiger partial charge is 0.310 e. The fraction of sp³-hybridized carbons (Fsp3) is 0.750. The highest BCUT2D eigenvalue weighted by Gasteiger charge is 2.45. The van der Waals surface area contributed by atoms with Gasteiger partial charge in [-0.25, -0.2) is 4.63 Å². The second-order valence-electron chi connectivity index (χ2n) is 5.08. The van der Waals surface area contributed by atoms with E-state index in [0.717, 1.165) is 25.7 Å². The minimum atomic E-state index is -0.712. The van der Waals surface area contributed by atoms with Crippen LogP contribution in [0, 0.1) is 18.3 Å². The Kier molecular flexibility index (Phi) is 3.17. The van der Waals surface area contributed by atoms with Crippen LogP contribution in [-0.4, -0.2) is 21.4 Å². The van der Waals surface area contributed by atoms with Crippen molar-refractivity contribution in [3.63, 3.8) is 0 Å². The molecule has 0 aliphatic heterocycles. The molecule has 1 saturated carbocycles. The number of carbonyl (C=O) groups is 1. The van der Waals surface area contributed by atoms with Gasteiger partial charge < -0.3 is 5.11 Å². The summed E-state index contributed by atoms with van der Waals surface area (Å²) < 4.78 is 4.64. The van der Waals surface area contributed by atoms with E-state index < -0.39 is 11.4 Å². The fourth-order valence-corrected chi connectivity index (χ4v) is 2.75. The molecular formula is C12H18N2O3. The Bertz CT molecular complexity index is 416. The molecule has 0 aromatic carbocycles. The molecule has 1 heterocycles. The quantitative estimate of drug-likeness (QED) is 0.870. The van der Waals surface area contributed by atoms with E-state index in [1.54, 1.807) is 6.92 Å². The Morgan fingerprint density at radius 2 is 2.35 bits per heavy atom. The van der Waals surface area contributed by atoms with Gasteiger partial charge in [0.1, 0.15) is 11.4 Å². The lowest BCUT2D eigenvalue weighted by molar-refractivity contribution is -0.148. The number of aliphatic carboxylic acids is 1. The highest BCUT2D eigenvalue weighted by Crippen LogP contribution is 2.45. The van der Waals surface area contributed by atoms with Gasteiger partial charge in [-0.2, -0.15) is 0 Å². The number of nitrogens with zero attached hydrogens (tertiary/aromatic N) is 2. The first kappa shape index (κ1) is 12.1. The Morgan fingerprint density at radius 1 is 1.59 bits per heavy atom. The van der Waals surface area contributed by atoms with E-state index in [9.17, 15) is 9.90 Å². The van der Waals surface area contributed by atoms with Gasteiger partial charge >= 0.3 is 5.97 Å². The first-order valence-electron chi connectivity index (χ1n) is 6.09. The van der Waals surface area contributed by atoms with Crippen molar-refractivity contribution in [2.45, 2.75) is 46.0 Å². The fourth-order valence-electron chi connectivity index (χ4n) is 2.75. The molecule has 5 nitrogen and oxygen atoms in total. The van der Waals surface area contributed by atoms with Crippen molar-refractivity contribution in [3.8, 4) is 0 Å². The van der Waals surface area contributed by atoms with Crippen molar-refractivity contribution in [3.05, 3.63) is 11.4 Å². The molecule has 1 aromatic rings. The zero-order valence-corrected chi connectivity index (χ0v) is 10.3. The summed E-state index contributed by atoms with van der Waals surface area (Å²) in [5.74, 6) is -0.192. The highest BCUT2D eigenvalue weighted by atomic mass is 16.6. The molecule has 5 heteroatoms. The van der Waals surface area contributed by atoms with Gasteiger partial charge in [-0.3, -0.25) is 4.79 Å². The number of aromatic nitrogens is 2. The van der Waals surface area contributed by atoms with Crippen molar-refractivity contribution in [2.24, 2.45) is 11.3 Å². The van der Waals surface area contributed by atoms with Crippen molar-refractivity contribution < 1.29 is 14.5 Å². The molecule has 2 rings (SSSR count). The summed E-state index contributed by atoms with van der Waals surface area (Å²) >= 11 is 0. The zero-order valence-electron chi connectivity index (χ0n) is 10.3. The Hall–Kier alpha value is -1.39. The molecule has 2 unspecified atom stereocenters. The molecule has 17 heavy (non-hydrogen) atoms. The normalized spacial score (nSPS) is 28.5. The minimum Gasteiger partial charge on any atom is -0.481 e. The molecule has 0 bridgehead atoms. The maximum Gasteiger partial charge on any atom is 0.310 e. The molecular weight excluding hydrogens is 220 g/mol. The molecule has 0 radical (unpaired) electrons. The van der Waals surface area contributed by atoms with E-state index in [1.165, 1.54) is 0 Å². The number of hydrogen-bond acceptors (Lipinski definition) is 4. The molecule has 0 spiro atoms. The van der Waals surface area contributed by atoms with Crippen molar-refractivity contribution in [1.82, 2.24) is 10.3 Å². The third kappa shape index (κ3) is 2.18. The van der Waals surface area contributed by atoms with E-state index in [1.807, 2.05) is 0 Å². The maximum atomic E-state index is 11.5. The third-order valence-corrected chi connectivity index (χ3v) is 3.99. The molecule has 1 aliphatic carbocycles. The van der Waals surface area contributed by atoms with Crippen LogP contribution in [0.2, 0.25) is 0 Å². The molecule has 1 aliphatic rings. The van der Waals surface area contributed by atoms with Gasteiger partial charge in [0.2, 0.25) is 0 Å². The average Bonchev–Trinajstić information content (AvgIpc) is 2.88. The molecule has 0 amide bonds. The molecule has 1 aromatic heterocycles. The van der Waals surface area contributed by atoms with Crippen molar-refractivity contribution >= 4 is 5.97 Å². The number of carboxylic acids is 1. The second kappa shape index (κ2) is 4.47. The van der Waals surface area contributed by atoms with E-state index in [4.69, 9.17) is 0 Å². The summed E-state index contributed by atoms with van der Waals surface area (Å²) in [5.41, 5.74) is 0.721. The third-order valence-electron chi connectivity index (χ3n) is 3.99. The lowest BCUT2D eigenvalue weighted by Gasteiger charge is -2.23. The van der Waals surface area contributed by atoms with Crippen LogP contribution in [0.5, 0.6) is 0 Å². The van der Waals surface area contributed by atoms with E-state index in [2.05, 4.69) is 21.9 Å². The summed E-state index contributed by atoms with van der Waals surface area (Å²) in [6.45, 7) is 3.92. The summed E-state index contributed by atoms with van der Waals surface area (Å²) in [6.07, 6.45) is 3.95. The van der Waals surface area contributed by atoms with Crippen LogP contribution in [0.1, 0.15) is 44.0 Å². The van der Waals surface area contributed by atoms with Crippen LogP contribution in [0.25, 0.3) is 0 Å². The van der Waals surface area contributed by atoms with E-state index in [-0.39, 0.29) is 0 Å². The predicted octanol–water partition coefficient (Wildman–Crippen LogP) is 2.20. The Balaban J connectivity index is 2.19. The summed E-state index contributed by atoms with van der Waals surface area (Å²) in [5, 5.41) is 17.0. The SMILES string of the molecule is CCC1CCC(Cc2nonc2C)(C(=O)O)C1. The molecule has 2 atom stereocenters. The number of hydrogen-bond donors (Lipinski definition) is 1. The van der Waals surface area contributed by atoms with Crippen molar-refractivity contribution in [2.75, 3.05) is 0 Å². The van der Waals surface area contributed by atoms with Crippen LogP contribution in [-0.2, 0) is 11.2 Å². The minimum absolute atomic E-state index is 0.439. The van der Waals surface area contributed by atoms with Gasteiger partial charge in [-0.05, 0) is 32.1 Å². The van der Waals surface area contributed by atoms with Crippen LogP contribution in [0.15, 0.2) is 4.63 Å². The van der Waals surface area contributed by atoms with Gasteiger partial charge in [0, 0.05) is 6.42 Å². The number of aryl methyl sites for hydroxylation is 1. The van der Waals surface area contributed by atoms with Crippen LogP contribution < -0.4 is 0 Å². The van der Waals surface area contributed by atoms with Gasteiger partial charge in [-0.15, -0.1) is 0 Å². The molecule has 1 N–H and O–H groups in total. The lowest BCUT2D eigenvalue weighted by Crippen LogP contribution is -2.31. The number of carboxylic acid groups (broad SMARTS) is 1. The first-order valence-corrected chi connectivity index (χ1v) is 6.09.